The molecule has 1 unspecified atom stereocenters. The van der Waals surface area contributed by atoms with E-state index in [1.165, 1.54) is 18.0 Å². The first kappa shape index (κ1) is 8.81. The van der Waals surface area contributed by atoms with E-state index in [2.05, 4.69) is 44.3 Å². The number of hydrogen-bond acceptors (Lipinski definition) is 0. The van der Waals surface area contributed by atoms with Crippen LogP contribution in [0.1, 0.15) is 13.3 Å². The molecule has 0 aliphatic heterocycles. The third-order valence-electron chi connectivity index (χ3n) is 1.48. The van der Waals surface area contributed by atoms with Crippen LogP contribution in [0.4, 0.5) is 0 Å². The molecular weight excluding hydrogens is 150 g/mol. The zero-order valence-electron chi connectivity index (χ0n) is 6.88. The molecule has 0 aliphatic rings. The number of benzene rings is 1. The Bertz CT molecular complexity index is 186. The fourth-order valence-electron chi connectivity index (χ4n) is 0.869. The van der Waals surface area contributed by atoms with Gasteiger partial charge >= 0.3 is 0 Å². The van der Waals surface area contributed by atoms with Gasteiger partial charge in [0.2, 0.25) is 0 Å². The van der Waals surface area contributed by atoms with Gasteiger partial charge in [0.25, 0.3) is 0 Å². The molecule has 0 fully saturated rings. The molecule has 11 heavy (non-hydrogen) atoms. The van der Waals surface area contributed by atoms with E-state index >= 15 is 0 Å². The van der Waals surface area contributed by atoms with Crippen molar-refractivity contribution in [3.05, 3.63) is 30.3 Å². The second-order valence-electron chi connectivity index (χ2n) is 2.50. The Balaban J connectivity index is 2.28. The van der Waals surface area contributed by atoms with Gasteiger partial charge in [-0.2, -0.15) is 0 Å². The summed E-state index contributed by atoms with van der Waals surface area (Å²) >= 11 is 0. The van der Waals surface area contributed by atoms with Gasteiger partial charge in [-0.25, -0.2) is 0 Å². The van der Waals surface area contributed by atoms with E-state index in [4.69, 9.17) is 0 Å². The fraction of sp³-hybridized carbons (Fsp3) is 0.333. The van der Waals surface area contributed by atoms with Gasteiger partial charge in [0.05, 0.1) is 0 Å². The third kappa shape index (κ3) is 3.58. The van der Waals surface area contributed by atoms with Gasteiger partial charge in [0, 0.05) is 0 Å². The minimum Gasteiger partial charge on any atom is -0.132 e. The summed E-state index contributed by atoms with van der Waals surface area (Å²) in [4.78, 5) is 0. The number of rotatable bonds is 4. The Kier molecular flexibility index (Phi) is 4.31. The summed E-state index contributed by atoms with van der Waals surface area (Å²) in [7, 11) is 0.886. The minimum atomic E-state index is 0.886. The molecule has 0 amide bonds. The van der Waals surface area contributed by atoms with Gasteiger partial charge in [-0.1, -0.05) is 50.0 Å². The molecule has 1 aromatic carbocycles. The molecule has 1 aromatic rings. The average Bonchev–Trinajstić information content (AvgIpc) is 2.07. The third-order valence-corrected chi connectivity index (χ3v) is 2.63. The van der Waals surface area contributed by atoms with Crippen molar-refractivity contribution >= 4 is 20.8 Å². The standard InChI is InChI=1S/C9H13BP/c1-2-8-10-11-9-6-4-3-5-7-9/h3-7,11H,2,8H2,1H3. The van der Waals surface area contributed by atoms with Crippen LogP contribution < -0.4 is 5.30 Å². The molecule has 0 aliphatic carbocycles. The summed E-state index contributed by atoms with van der Waals surface area (Å²) < 4.78 is 0. The molecular formula is C9H13BP. The number of hydrogen-bond donors (Lipinski definition) is 0. The summed E-state index contributed by atoms with van der Waals surface area (Å²) in [6.45, 7) is 4.58. The van der Waals surface area contributed by atoms with E-state index in [-0.39, 0.29) is 0 Å². The van der Waals surface area contributed by atoms with E-state index in [0.717, 1.165) is 8.46 Å². The molecule has 57 valence electrons. The minimum absolute atomic E-state index is 0.886. The quantitative estimate of drug-likeness (QED) is 0.363. The van der Waals surface area contributed by atoms with Crippen LogP contribution in [-0.2, 0) is 0 Å². The molecule has 2 heteroatoms. The molecule has 1 radical (unpaired) electrons. The van der Waals surface area contributed by atoms with Crippen LogP contribution in [0.3, 0.4) is 0 Å². The lowest BCUT2D eigenvalue weighted by Gasteiger charge is -1.97. The predicted molar refractivity (Wildman–Crippen MR) is 55.2 cm³/mol. The maximum Gasteiger partial charge on any atom is 0.148 e. The lowest BCUT2D eigenvalue weighted by Crippen LogP contribution is -1.94. The summed E-state index contributed by atoms with van der Waals surface area (Å²) in [5.74, 6) is 0. The molecule has 0 saturated heterocycles. The topological polar surface area (TPSA) is 0 Å². The zero-order valence-corrected chi connectivity index (χ0v) is 7.88. The molecule has 0 nitrogen and oxygen atoms in total. The lowest BCUT2D eigenvalue weighted by atomic mass is 10.0. The Morgan fingerprint density at radius 2 is 2.00 bits per heavy atom. The van der Waals surface area contributed by atoms with Crippen LogP contribution in [0.15, 0.2) is 30.3 Å². The molecule has 0 heterocycles. The SMILES string of the molecule is CCC[B]Pc1ccccc1. The highest BCUT2D eigenvalue weighted by Crippen LogP contribution is 2.09. The molecule has 0 spiro atoms. The first-order chi connectivity index (χ1) is 5.43. The van der Waals surface area contributed by atoms with Crippen molar-refractivity contribution in [2.24, 2.45) is 0 Å². The van der Waals surface area contributed by atoms with Crippen molar-refractivity contribution in [3.63, 3.8) is 0 Å². The van der Waals surface area contributed by atoms with E-state index < -0.39 is 0 Å². The molecule has 0 N–H and O–H groups in total. The van der Waals surface area contributed by atoms with E-state index in [9.17, 15) is 0 Å². The van der Waals surface area contributed by atoms with E-state index in [1.54, 1.807) is 0 Å². The van der Waals surface area contributed by atoms with Crippen molar-refractivity contribution in [3.8, 4) is 0 Å². The first-order valence-electron chi connectivity index (χ1n) is 4.06. The summed E-state index contributed by atoms with van der Waals surface area (Å²) in [6, 6.07) is 10.6. The first-order valence-corrected chi connectivity index (χ1v) is 5.14. The second-order valence-corrected chi connectivity index (χ2v) is 3.78. The van der Waals surface area contributed by atoms with Crippen LogP contribution in [-0.4, -0.2) is 7.00 Å². The maximum atomic E-state index is 2.37. The van der Waals surface area contributed by atoms with Crippen LogP contribution in [0.25, 0.3) is 0 Å². The highest BCUT2D eigenvalue weighted by Gasteiger charge is 1.90. The maximum absolute atomic E-state index is 2.37. The van der Waals surface area contributed by atoms with Crippen LogP contribution in [0, 0.1) is 0 Å². The van der Waals surface area contributed by atoms with Gasteiger partial charge in [-0.05, 0) is 5.30 Å². The monoisotopic (exact) mass is 163 g/mol. The van der Waals surface area contributed by atoms with Crippen molar-refractivity contribution in [2.75, 3.05) is 0 Å². The predicted octanol–water partition coefficient (Wildman–Crippen LogP) is 2.44. The second kappa shape index (κ2) is 5.38. The highest BCUT2D eigenvalue weighted by molar-refractivity contribution is 7.77. The smallest absolute Gasteiger partial charge is 0.132 e. The zero-order chi connectivity index (χ0) is 7.94. The Labute approximate surface area is 71.4 Å². The van der Waals surface area contributed by atoms with Gasteiger partial charge in [0.1, 0.15) is 7.00 Å². The fourth-order valence-corrected chi connectivity index (χ4v) is 1.92. The van der Waals surface area contributed by atoms with Crippen molar-refractivity contribution in [1.82, 2.24) is 0 Å². The van der Waals surface area contributed by atoms with Crippen LogP contribution in [0.5, 0.6) is 0 Å². The summed E-state index contributed by atoms with van der Waals surface area (Å²) in [5, 5.41) is 1.45. The normalized spacial score (nSPS) is 10.6. The summed E-state index contributed by atoms with van der Waals surface area (Å²) in [6.07, 6.45) is 2.51. The average molecular weight is 163 g/mol. The van der Waals surface area contributed by atoms with Crippen LogP contribution >= 0.6 is 8.46 Å². The van der Waals surface area contributed by atoms with Gasteiger partial charge in [-0.3, -0.25) is 0 Å². The van der Waals surface area contributed by atoms with Gasteiger partial charge in [0.15, 0.2) is 0 Å². The lowest BCUT2D eigenvalue weighted by molar-refractivity contribution is 1.08. The molecule has 1 atom stereocenters. The summed E-state index contributed by atoms with van der Waals surface area (Å²) in [5.41, 5.74) is 0. The van der Waals surface area contributed by atoms with Crippen molar-refractivity contribution in [2.45, 2.75) is 19.7 Å². The highest BCUT2D eigenvalue weighted by atomic mass is 31.1. The molecule has 0 bridgehead atoms. The Hall–Kier alpha value is -0.285. The Morgan fingerprint density at radius 1 is 1.27 bits per heavy atom. The van der Waals surface area contributed by atoms with Gasteiger partial charge < -0.3 is 0 Å². The molecule has 0 saturated carbocycles. The molecule has 1 rings (SSSR count). The van der Waals surface area contributed by atoms with Crippen LogP contribution in [0.2, 0.25) is 6.32 Å². The van der Waals surface area contributed by atoms with Crippen molar-refractivity contribution in [1.29, 1.82) is 0 Å². The van der Waals surface area contributed by atoms with Crippen molar-refractivity contribution < 1.29 is 0 Å². The van der Waals surface area contributed by atoms with Gasteiger partial charge in [-0.15, -0.1) is 8.46 Å². The van der Waals surface area contributed by atoms with E-state index in [0.29, 0.717) is 0 Å². The molecule has 0 aromatic heterocycles. The largest absolute Gasteiger partial charge is 0.148 e. The van der Waals surface area contributed by atoms with E-state index in [1.807, 2.05) is 0 Å². The Morgan fingerprint density at radius 3 is 2.64 bits per heavy atom.